The largest absolute Gasteiger partial charge is 0.392 e. The third-order valence-electron chi connectivity index (χ3n) is 2.48. The zero-order valence-electron chi connectivity index (χ0n) is 9.12. The lowest BCUT2D eigenvalue weighted by Crippen LogP contribution is -1.98. The molecule has 0 amide bonds. The Morgan fingerprint density at radius 3 is 2.56 bits per heavy atom. The van der Waals surface area contributed by atoms with Crippen molar-refractivity contribution in [2.75, 3.05) is 5.73 Å². The second-order valence-corrected chi connectivity index (χ2v) is 4.90. The number of nitrogens with two attached hydrogens (primary N) is 1. The summed E-state index contributed by atoms with van der Waals surface area (Å²) >= 11 is 18.0. The van der Waals surface area contributed by atoms with Gasteiger partial charge in [-0.15, -0.1) is 0 Å². The molecule has 2 rings (SSSR count). The summed E-state index contributed by atoms with van der Waals surface area (Å²) in [7, 11) is 0. The third-order valence-corrected chi connectivity index (χ3v) is 3.50. The van der Waals surface area contributed by atoms with E-state index in [4.69, 9.17) is 45.6 Å². The molecule has 0 unspecified atom stereocenters. The van der Waals surface area contributed by atoms with Gasteiger partial charge in [0.25, 0.3) is 0 Å². The second kappa shape index (κ2) is 5.33. The number of hydrogen-bond acceptors (Lipinski definition) is 3. The van der Waals surface area contributed by atoms with Gasteiger partial charge in [-0.2, -0.15) is 0 Å². The van der Waals surface area contributed by atoms with Crippen LogP contribution < -0.4 is 5.73 Å². The molecular formula is C12H9Cl3N2O. The molecule has 3 nitrogen and oxygen atoms in total. The number of anilines is 1. The number of hydrogen-bond donors (Lipinski definition) is 2. The summed E-state index contributed by atoms with van der Waals surface area (Å²) in [6.07, 6.45) is 1.56. The van der Waals surface area contributed by atoms with Crippen molar-refractivity contribution in [2.24, 2.45) is 0 Å². The number of nitrogen functional groups attached to an aromatic ring is 1. The zero-order chi connectivity index (χ0) is 13.3. The van der Waals surface area contributed by atoms with E-state index < -0.39 is 0 Å². The van der Waals surface area contributed by atoms with E-state index in [1.54, 1.807) is 24.4 Å². The van der Waals surface area contributed by atoms with Crippen LogP contribution in [0.3, 0.4) is 0 Å². The smallest absolute Gasteiger partial charge is 0.128 e. The molecule has 0 saturated carbocycles. The highest BCUT2D eigenvalue weighted by molar-refractivity contribution is 6.45. The molecule has 0 spiro atoms. The van der Waals surface area contributed by atoms with Gasteiger partial charge in [-0.05, 0) is 18.2 Å². The van der Waals surface area contributed by atoms with E-state index >= 15 is 0 Å². The maximum atomic E-state index is 9.16. The number of pyridine rings is 1. The van der Waals surface area contributed by atoms with Crippen molar-refractivity contribution in [1.82, 2.24) is 4.98 Å². The summed E-state index contributed by atoms with van der Waals surface area (Å²) in [5.74, 6) is 0.283. The standard InChI is InChI=1S/C12H9Cl3N2O/c13-8-2-9(11(15)10(14)3-8)6-1-7(5-18)12(16)17-4-6/h1-4,18H,5H2,(H2,16,17). The van der Waals surface area contributed by atoms with Gasteiger partial charge in [0.15, 0.2) is 0 Å². The second-order valence-electron chi connectivity index (χ2n) is 3.68. The number of halogens is 3. The number of rotatable bonds is 2. The minimum absolute atomic E-state index is 0.196. The molecule has 0 radical (unpaired) electrons. The van der Waals surface area contributed by atoms with Crippen LogP contribution in [0.15, 0.2) is 24.4 Å². The zero-order valence-corrected chi connectivity index (χ0v) is 11.4. The number of aliphatic hydroxyl groups excluding tert-OH is 1. The first-order chi connectivity index (χ1) is 8.52. The van der Waals surface area contributed by atoms with E-state index in [-0.39, 0.29) is 12.4 Å². The molecule has 94 valence electrons. The number of benzene rings is 1. The average Bonchev–Trinajstić information content (AvgIpc) is 2.34. The molecule has 0 aliphatic rings. The fourth-order valence-corrected chi connectivity index (χ4v) is 2.27. The molecule has 1 heterocycles. The highest BCUT2D eigenvalue weighted by atomic mass is 35.5. The first-order valence-electron chi connectivity index (χ1n) is 5.03. The van der Waals surface area contributed by atoms with Crippen molar-refractivity contribution in [3.63, 3.8) is 0 Å². The molecule has 0 aliphatic carbocycles. The molecule has 1 aromatic carbocycles. The van der Waals surface area contributed by atoms with E-state index in [9.17, 15) is 0 Å². The molecule has 1 aromatic heterocycles. The lowest BCUT2D eigenvalue weighted by molar-refractivity contribution is 0.282. The predicted molar refractivity (Wildman–Crippen MR) is 75.0 cm³/mol. The van der Waals surface area contributed by atoms with Gasteiger partial charge in [-0.25, -0.2) is 4.98 Å². The molecule has 6 heteroatoms. The quantitative estimate of drug-likeness (QED) is 0.830. The van der Waals surface area contributed by atoms with Crippen LogP contribution in [-0.2, 0) is 6.61 Å². The van der Waals surface area contributed by atoms with Crippen LogP contribution in [0.2, 0.25) is 15.1 Å². The molecule has 0 fully saturated rings. The topological polar surface area (TPSA) is 59.1 Å². The molecule has 0 saturated heterocycles. The van der Waals surface area contributed by atoms with Crippen molar-refractivity contribution in [1.29, 1.82) is 0 Å². The monoisotopic (exact) mass is 302 g/mol. The summed E-state index contributed by atoms with van der Waals surface area (Å²) in [4.78, 5) is 4.00. The van der Waals surface area contributed by atoms with Crippen molar-refractivity contribution >= 4 is 40.6 Å². The van der Waals surface area contributed by atoms with Crippen LogP contribution in [0.4, 0.5) is 5.82 Å². The minimum Gasteiger partial charge on any atom is -0.392 e. The number of aliphatic hydroxyl groups is 1. The Morgan fingerprint density at radius 1 is 1.17 bits per heavy atom. The fraction of sp³-hybridized carbons (Fsp3) is 0.0833. The molecule has 0 bridgehead atoms. The summed E-state index contributed by atoms with van der Waals surface area (Å²) in [5.41, 5.74) is 7.49. The Bertz CT molecular complexity index is 602. The van der Waals surface area contributed by atoms with Crippen LogP contribution >= 0.6 is 34.8 Å². The summed E-state index contributed by atoms with van der Waals surface area (Å²) in [5, 5.41) is 10.4. The van der Waals surface area contributed by atoms with Gasteiger partial charge in [-0.1, -0.05) is 34.8 Å². The normalized spacial score (nSPS) is 10.7. The van der Waals surface area contributed by atoms with Crippen molar-refractivity contribution in [3.8, 4) is 11.1 Å². The molecule has 18 heavy (non-hydrogen) atoms. The summed E-state index contributed by atoms with van der Waals surface area (Å²) < 4.78 is 0. The predicted octanol–water partition coefficient (Wildman–Crippen LogP) is 3.78. The Labute approximate surface area is 119 Å². The first-order valence-corrected chi connectivity index (χ1v) is 6.16. The molecule has 0 aliphatic heterocycles. The van der Waals surface area contributed by atoms with Crippen molar-refractivity contribution in [2.45, 2.75) is 6.61 Å². The minimum atomic E-state index is -0.196. The van der Waals surface area contributed by atoms with Crippen LogP contribution in [-0.4, -0.2) is 10.1 Å². The Kier molecular flexibility index (Phi) is 3.97. The van der Waals surface area contributed by atoms with Crippen LogP contribution in [0.1, 0.15) is 5.56 Å². The van der Waals surface area contributed by atoms with Crippen LogP contribution in [0, 0.1) is 0 Å². The van der Waals surface area contributed by atoms with E-state index in [0.717, 1.165) is 0 Å². The molecule has 3 N–H and O–H groups in total. The first kappa shape index (κ1) is 13.4. The highest BCUT2D eigenvalue weighted by Crippen LogP contribution is 2.36. The van der Waals surface area contributed by atoms with Crippen LogP contribution in [0.25, 0.3) is 11.1 Å². The lowest BCUT2D eigenvalue weighted by atomic mass is 10.1. The van der Waals surface area contributed by atoms with E-state index in [0.29, 0.717) is 31.8 Å². The maximum Gasteiger partial charge on any atom is 0.128 e. The average molecular weight is 304 g/mol. The van der Waals surface area contributed by atoms with Gasteiger partial charge >= 0.3 is 0 Å². The molecular weight excluding hydrogens is 295 g/mol. The van der Waals surface area contributed by atoms with Gasteiger partial charge in [0.1, 0.15) is 5.82 Å². The Balaban J connectivity index is 2.62. The van der Waals surface area contributed by atoms with Gasteiger partial charge < -0.3 is 10.8 Å². The lowest BCUT2D eigenvalue weighted by Gasteiger charge is -2.09. The maximum absolute atomic E-state index is 9.16. The summed E-state index contributed by atoms with van der Waals surface area (Å²) in [6.45, 7) is -0.196. The summed E-state index contributed by atoms with van der Waals surface area (Å²) in [6, 6.07) is 4.95. The fourth-order valence-electron chi connectivity index (χ4n) is 1.56. The van der Waals surface area contributed by atoms with Gasteiger partial charge in [0, 0.05) is 27.9 Å². The van der Waals surface area contributed by atoms with Gasteiger partial charge in [-0.3, -0.25) is 0 Å². The van der Waals surface area contributed by atoms with Gasteiger partial charge in [0.05, 0.1) is 16.7 Å². The highest BCUT2D eigenvalue weighted by Gasteiger charge is 2.11. The Morgan fingerprint density at radius 2 is 1.89 bits per heavy atom. The molecule has 0 atom stereocenters. The Hall–Kier alpha value is -1.00. The molecule has 2 aromatic rings. The van der Waals surface area contributed by atoms with E-state index in [2.05, 4.69) is 4.98 Å². The van der Waals surface area contributed by atoms with Crippen LogP contribution in [0.5, 0.6) is 0 Å². The van der Waals surface area contributed by atoms with E-state index in [1.165, 1.54) is 0 Å². The SMILES string of the molecule is Nc1ncc(-c2cc(Cl)cc(Cl)c2Cl)cc1CO. The van der Waals surface area contributed by atoms with Crippen molar-refractivity contribution in [3.05, 3.63) is 45.0 Å². The van der Waals surface area contributed by atoms with Gasteiger partial charge in [0.2, 0.25) is 0 Å². The van der Waals surface area contributed by atoms with E-state index in [1.807, 2.05) is 0 Å². The van der Waals surface area contributed by atoms with Crippen molar-refractivity contribution < 1.29 is 5.11 Å². The number of nitrogens with zero attached hydrogens (tertiary/aromatic N) is 1. The number of aromatic nitrogens is 1. The third kappa shape index (κ3) is 2.54.